The molecule has 0 bridgehead atoms. The molecule has 2 aromatic carbocycles. The maximum Gasteiger partial charge on any atom is 0.253 e. The summed E-state index contributed by atoms with van der Waals surface area (Å²) in [6.07, 6.45) is 3.00. The predicted molar refractivity (Wildman–Crippen MR) is 117 cm³/mol. The fourth-order valence-corrected chi connectivity index (χ4v) is 4.25. The molecule has 3 rings (SSSR count). The van der Waals surface area contributed by atoms with Crippen LogP contribution in [0, 0.1) is 11.7 Å². The number of hydrogen-bond acceptors (Lipinski definition) is 2. The molecule has 30 heavy (non-hydrogen) atoms. The van der Waals surface area contributed by atoms with Crippen LogP contribution in [0.5, 0.6) is 0 Å². The van der Waals surface area contributed by atoms with Gasteiger partial charge in [0.15, 0.2) is 0 Å². The third-order valence-electron chi connectivity index (χ3n) is 5.81. The monoisotopic (exact) mass is 410 g/mol. The number of benzene rings is 2. The highest BCUT2D eigenvalue weighted by Crippen LogP contribution is 2.22. The van der Waals surface area contributed by atoms with Gasteiger partial charge in [0.1, 0.15) is 5.82 Å². The van der Waals surface area contributed by atoms with E-state index in [0.29, 0.717) is 31.6 Å². The Morgan fingerprint density at radius 1 is 1.10 bits per heavy atom. The Kier molecular flexibility index (Phi) is 7.61. The third kappa shape index (κ3) is 5.47. The minimum absolute atomic E-state index is 0.0573. The molecule has 0 aliphatic carbocycles. The summed E-state index contributed by atoms with van der Waals surface area (Å²) in [5.74, 6) is -0.300. The molecule has 0 N–H and O–H groups in total. The van der Waals surface area contributed by atoms with Crippen LogP contribution in [0.25, 0.3) is 0 Å². The van der Waals surface area contributed by atoms with E-state index in [1.807, 2.05) is 53.1 Å². The lowest BCUT2D eigenvalue weighted by atomic mass is 9.96. The van der Waals surface area contributed by atoms with Gasteiger partial charge >= 0.3 is 0 Å². The average Bonchev–Trinajstić information content (AvgIpc) is 2.77. The summed E-state index contributed by atoms with van der Waals surface area (Å²) < 4.78 is 13.5. The summed E-state index contributed by atoms with van der Waals surface area (Å²) in [6.45, 7) is 6.02. The Morgan fingerprint density at radius 2 is 1.80 bits per heavy atom. The van der Waals surface area contributed by atoms with Crippen LogP contribution in [-0.4, -0.2) is 47.3 Å². The molecule has 0 aromatic heterocycles. The van der Waals surface area contributed by atoms with Gasteiger partial charge in [0.05, 0.1) is 0 Å². The average molecular weight is 411 g/mol. The third-order valence-corrected chi connectivity index (χ3v) is 5.81. The lowest BCUT2D eigenvalue weighted by Gasteiger charge is -2.39. The lowest BCUT2D eigenvalue weighted by Crippen LogP contribution is -2.50. The number of carbonyl (C=O) groups is 2. The minimum Gasteiger partial charge on any atom is -0.339 e. The van der Waals surface area contributed by atoms with Crippen LogP contribution in [0.2, 0.25) is 0 Å². The zero-order chi connectivity index (χ0) is 21.5. The Morgan fingerprint density at radius 3 is 2.43 bits per heavy atom. The second-order valence-corrected chi connectivity index (χ2v) is 8.16. The van der Waals surface area contributed by atoms with E-state index in [1.165, 1.54) is 12.1 Å². The number of carbonyl (C=O) groups excluding carboxylic acids is 2. The second-order valence-electron chi connectivity index (χ2n) is 8.16. The SMILES string of the molecule is CCCN(C(=O)C(C)Cc1cccc(F)c1)C1CCN(C(=O)c2ccccc2)CC1. The summed E-state index contributed by atoms with van der Waals surface area (Å²) in [4.78, 5) is 29.8. The van der Waals surface area contributed by atoms with Crippen molar-refractivity contribution in [2.75, 3.05) is 19.6 Å². The van der Waals surface area contributed by atoms with E-state index in [0.717, 1.165) is 24.8 Å². The first kappa shape index (κ1) is 22.0. The van der Waals surface area contributed by atoms with Gasteiger partial charge in [-0.2, -0.15) is 0 Å². The van der Waals surface area contributed by atoms with Crippen molar-refractivity contribution in [3.05, 3.63) is 71.5 Å². The van der Waals surface area contributed by atoms with Gasteiger partial charge in [-0.1, -0.05) is 44.2 Å². The van der Waals surface area contributed by atoms with Gasteiger partial charge < -0.3 is 9.80 Å². The van der Waals surface area contributed by atoms with E-state index < -0.39 is 0 Å². The van der Waals surface area contributed by atoms with E-state index in [1.54, 1.807) is 6.07 Å². The van der Waals surface area contributed by atoms with E-state index in [-0.39, 0.29) is 29.6 Å². The molecule has 160 valence electrons. The van der Waals surface area contributed by atoms with Crippen molar-refractivity contribution in [3.63, 3.8) is 0 Å². The van der Waals surface area contributed by atoms with Gasteiger partial charge in [0.25, 0.3) is 5.91 Å². The molecule has 2 amide bonds. The molecular weight excluding hydrogens is 379 g/mol. The van der Waals surface area contributed by atoms with E-state index in [4.69, 9.17) is 0 Å². The molecule has 5 heteroatoms. The van der Waals surface area contributed by atoms with Crippen LogP contribution in [0.4, 0.5) is 4.39 Å². The van der Waals surface area contributed by atoms with Crippen molar-refractivity contribution >= 4 is 11.8 Å². The first-order valence-electron chi connectivity index (χ1n) is 10.9. The Labute approximate surface area is 178 Å². The van der Waals surface area contributed by atoms with Gasteiger partial charge in [-0.05, 0) is 55.5 Å². The predicted octanol–water partition coefficient (Wildman–Crippen LogP) is 4.55. The molecular formula is C25H31FN2O2. The number of piperidine rings is 1. The first-order valence-corrected chi connectivity index (χ1v) is 10.9. The molecule has 0 spiro atoms. The highest BCUT2D eigenvalue weighted by molar-refractivity contribution is 5.94. The van der Waals surface area contributed by atoms with Gasteiger partial charge in [0.2, 0.25) is 5.91 Å². The topological polar surface area (TPSA) is 40.6 Å². The largest absolute Gasteiger partial charge is 0.339 e. The number of halogens is 1. The van der Waals surface area contributed by atoms with Gasteiger partial charge in [-0.25, -0.2) is 4.39 Å². The van der Waals surface area contributed by atoms with Crippen molar-refractivity contribution < 1.29 is 14.0 Å². The Balaban J connectivity index is 1.60. The number of amides is 2. The van der Waals surface area contributed by atoms with Gasteiger partial charge in [0, 0.05) is 37.2 Å². The maximum atomic E-state index is 13.5. The smallest absolute Gasteiger partial charge is 0.253 e. The molecule has 0 saturated carbocycles. The normalized spacial score (nSPS) is 15.6. The fourth-order valence-electron chi connectivity index (χ4n) is 4.25. The highest BCUT2D eigenvalue weighted by atomic mass is 19.1. The molecule has 1 unspecified atom stereocenters. The van der Waals surface area contributed by atoms with Crippen molar-refractivity contribution in [2.45, 2.75) is 45.6 Å². The van der Waals surface area contributed by atoms with Crippen molar-refractivity contribution in [1.82, 2.24) is 9.80 Å². The summed E-state index contributed by atoms with van der Waals surface area (Å²) in [5, 5.41) is 0. The Hall–Kier alpha value is -2.69. The molecule has 4 nitrogen and oxygen atoms in total. The first-order chi connectivity index (χ1) is 14.5. The lowest BCUT2D eigenvalue weighted by molar-refractivity contribution is -0.138. The van der Waals surface area contributed by atoms with Crippen LogP contribution in [0.15, 0.2) is 54.6 Å². The van der Waals surface area contributed by atoms with E-state index >= 15 is 0 Å². The van der Waals surface area contributed by atoms with Crippen LogP contribution < -0.4 is 0 Å². The zero-order valence-electron chi connectivity index (χ0n) is 17.9. The van der Waals surface area contributed by atoms with Crippen molar-refractivity contribution in [3.8, 4) is 0 Å². The summed E-state index contributed by atoms with van der Waals surface area (Å²) in [7, 11) is 0. The van der Waals surface area contributed by atoms with Crippen molar-refractivity contribution in [2.24, 2.45) is 5.92 Å². The minimum atomic E-state index is -0.270. The summed E-state index contributed by atoms with van der Waals surface area (Å²) >= 11 is 0. The van der Waals surface area contributed by atoms with Crippen LogP contribution in [-0.2, 0) is 11.2 Å². The molecule has 1 aliphatic rings. The molecule has 2 aromatic rings. The van der Waals surface area contributed by atoms with Gasteiger partial charge in [-0.15, -0.1) is 0 Å². The molecule has 1 fully saturated rings. The number of rotatable bonds is 7. The molecule has 1 heterocycles. The summed E-state index contributed by atoms with van der Waals surface area (Å²) in [6, 6.07) is 16.0. The van der Waals surface area contributed by atoms with Gasteiger partial charge in [-0.3, -0.25) is 9.59 Å². The quantitative estimate of drug-likeness (QED) is 0.672. The van der Waals surface area contributed by atoms with Crippen molar-refractivity contribution in [1.29, 1.82) is 0 Å². The highest BCUT2D eigenvalue weighted by Gasteiger charge is 2.31. The molecule has 1 atom stereocenters. The fraction of sp³-hybridized carbons (Fsp3) is 0.440. The van der Waals surface area contributed by atoms with Crippen LogP contribution >= 0.6 is 0 Å². The van der Waals surface area contributed by atoms with Crippen LogP contribution in [0.3, 0.4) is 0 Å². The molecule has 1 aliphatic heterocycles. The maximum absolute atomic E-state index is 13.5. The number of nitrogens with zero attached hydrogens (tertiary/aromatic N) is 2. The number of hydrogen-bond donors (Lipinski definition) is 0. The van der Waals surface area contributed by atoms with E-state index in [2.05, 4.69) is 6.92 Å². The van der Waals surface area contributed by atoms with E-state index in [9.17, 15) is 14.0 Å². The second kappa shape index (κ2) is 10.4. The van der Waals surface area contributed by atoms with Crippen LogP contribution in [0.1, 0.15) is 49.0 Å². The zero-order valence-corrected chi connectivity index (χ0v) is 17.9. The molecule has 0 radical (unpaired) electrons. The standard InChI is InChI=1S/C25H31FN2O2/c1-3-14-28(24(29)19(2)17-20-8-7-11-22(26)18-20)23-12-15-27(16-13-23)25(30)21-9-5-4-6-10-21/h4-11,18-19,23H,3,12-17H2,1-2H3. The number of likely N-dealkylation sites (tertiary alicyclic amines) is 1. The molecule has 1 saturated heterocycles. The summed E-state index contributed by atoms with van der Waals surface area (Å²) in [5.41, 5.74) is 1.55. The Bertz CT molecular complexity index is 847.